The standard InChI is InChI=1S/C19H24N2O3/c1-4-15-7-5-6-8-16(15)21-19(22)13-20-12-14-9-10-17(23-2)18(11-14)24-3/h5-11,20H,4,12-13H2,1-3H3,(H,21,22). The average molecular weight is 328 g/mol. The summed E-state index contributed by atoms with van der Waals surface area (Å²) in [6, 6.07) is 13.5. The van der Waals surface area contributed by atoms with Gasteiger partial charge in [0.15, 0.2) is 11.5 Å². The van der Waals surface area contributed by atoms with Crippen LogP contribution >= 0.6 is 0 Å². The Kier molecular flexibility index (Phi) is 6.63. The average Bonchev–Trinajstić information content (AvgIpc) is 2.62. The molecule has 128 valence electrons. The minimum atomic E-state index is -0.0589. The predicted octanol–water partition coefficient (Wildman–Crippen LogP) is 2.99. The SMILES string of the molecule is CCc1ccccc1NC(=O)CNCc1ccc(OC)c(OC)c1. The Balaban J connectivity index is 1.86. The molecule has 0 radical (unpaired) electrons. The predicted molar refractivity (Wildman–Crippen MR) is 95.7 cm³/mol. The number of para-hydroxylation sites is 1. The molecule has 24 heavy (non-hydrogen) atoms. The molecule has 0 bridgehead atoms. The molecule has 0 aromatic heterocycles. The first-order valence-corrected chi connectivity index (χ1v) is 7.97. The second-order valence-corrected chi connectivity index (χ2v) is 5.35. The minimum absolute atomic E-state index is 0.0589. The number of methoxy groups -OCH3 is 2. The van der Waals surface area contributed by atoms with Gasteiger partial charge in [-0.1, -0.05) is 31.2 Å². The number of ether oxygens (including phenoxy) is 2. The molecule has 2 rings (SSSR count). The molecule has 0 saturated carbocycles. The number of nitrogens with one attached hydrogen (secondary N) is 2. The van der Waals surface area contributed by atoms with Gasteiger partial charge in [0.1, 0.15) is 0 Å². The molecule has 2 aromatic carbocycles. The van der Waals surface area contributed by atoms with Gasteiger partial charge < -0.3 is 20.1 Å². The number of benzene rings is 2. The first-order chi connectivity index (χ1) is 11.7. The largest absolute Gasteiger partial charge is 0.493 e. The van der Waals surface area contributed by atoms with Crippen molar-refractivity contribution in [2.75, 3.05) is 26.1 Å². The van der Waals surface area contributed by atoms with Crippen molar-refractivity contribution in [3.05, 3.63) is 53.6 Å². The minimum Gasteiger partial charge on any atom is -0.493 e. The lowest BCUT2D eigenvalue weighted by Gasteiger charge is -2.11. The molecular formula is C19H24N2O3. The van der Waals surface area contributed by atoms with Gasteiger partial charge >= 0.3 is 0 Å². The Hall–Kier alpha value is -2.53. The number of aryl methyl sites for hydroxylation is 1. The van der Waals surface area contributed by atoms with Crippen molar-refractivity contribution < 1.29 is 14.3 Å². The zero-order chi connectivity index (χ0) is 17.4. The molecule has 5 nitrogen and oxygen atoms in total. The highest BCUT2D eigenvalue weighted by Crippen LogP contribution is 2.27. The van der Waals surface area contributed by atoms with Gasteiger partial charge in [-0.2, -0.15) is 0 Å². The lowest BCUT2D eigenvalue weighted by atomic mass is 10.1. The van der Waals surface area contributed by atoms with E-state index in [1.807, 2.05) is 42.5 Å². The molecule has 0 spiro atoms. The van der Waals surface area contributed by atoms with E-state index >= 15 is 0 Å². The fourth-order valence-electron chi connectivity index (χ4n) is 2.46. The highest BCUT2D eigenvalue weighted by Gasteiger charge is 2.07. The molecule has 0 aliphatic carbocycles. The second kappa shape index (κ2) is 8.93. The third kappa shape index (κ3) is 4.73. The highest BCUT2D eigenvalue weighted by molar-refractivity contribution is 5.92. The van der Waals surface area contributed by atoms with E-state index in [1.54, 1.807) is 14.2 Å². The molecule has 0 atom stereocenters. The summed E-state index contributed by atoms with van der Waals surface area (Å²) in [5, 5.41) is 6.08. The molecular weight excluding hydrogens is 304 g/mol. The number of carbonyl (C=O) groups is 1. The van der Waals surface area contributed by atoms with Crippen LogP contribution in [-0.4, -0.2) is 26.7 Å². The van der Waals surface area contributed by atoms with Crippen LogP contribution in [0, 0.1) is 0 Å². The molecule has 0 saturated heterocycles. The summed E-state index contributed by atoms with van der Waals surface area (Å²) < 4.78 is 10.5. The number of anilines is 1. The van der Waals surface area contributed by atoms with Gasteiger partial charge in [0.2, 0.25) is 5.91 Å². The van der Waals surface area contributed by atoms with Crippen molar-refractivity contribution in [2.24, 2.45) is 0 Å². The number of carbonyl (C=O) groups excluding carboxylic acids is 1. The summed E-state index contributed by atoms with van der Waals surface area (Å²) >= 11 is 0. The number of hydrogen-bond donors (Lipinski definition) is 2. The Morgan fingerprint density at radius 2 is 1.79 bits per heavy atom. The van der Waals surface area contributed by atoms with Crippen molar-refractivity contribution in [1.29, 1.82) is 0 Å². The van der Waals surface area contributed by atoms with Gasteiger partial charge in [-0.25, -0.2) is 0 Å². The third-order valence-electron chi connectivity index (χ3n) is 3.73. The Morgan fingerprint density at radius 1 is 1.04 bits per heavy atom. The van der Waals surface area contributed by atoms with Crippen LogP contribution in [0.25, 0.3) is 0 Å². The molecule has 0 fully saturated rings. The van der Waals surface area contributed by atoms with E-state index in [0.29, 0.717) is 18.0 Å². The lowest BCUT2D eigenvalue weighted by Crippen LogP contribution is -2.28. The van der Waals surface area contributed by atoms with E-state index in [2.05, 4.69) is 17.6 Å². The fraction of sp³-hybridized carbons (Fsp3) is 0.316. The van der Waals surface area contributed by atoms with Crippen molar-refractivity contribution >= 4 is 11.6 Å². The van der Waals surface area contributed by atoms with Crippen molar-refractivity contribution in [3.8, 4) is 11.5 Å². The monoisotopic (exact) mass is 328 g/mol. The van der Waals surface area contributed by atoms with Crippen molar-refractivity contribution in [1.82, 2.24) is 5.32 Å². The van der Waals surface area contributed by atoms with E-state index < -0.39 is 0 Å². The van der Waals surface area contributed by atoms with Gasteiger partial charge in [0.25, 0.3) is 0 Å². The van der Waals surface area contributed by atoms with E-state index in [4.69, 9.17) is 9.47 Å². The number of amides is 1. The maximum atomic E-state index is 12.1. The zero-order valence-electron chi connectivity index (χ0n) is 14.4. The second-order valence-electron chi connectivity index (χ2n) is 5.35. The summed E-state index contributed by atoms with van der Waals surface area (Å²) in [5.74, 6) is 1.31. The maximum Gasteiger partial charge on any atom is 0.238 e. The van der Waals surface area contributed by atoms with Crippen LogP contribution in [0.15, 0.2) is 42.5 Å². The quantitative estimate of drug-likeness (QED) is 0.782. The Labute approximate surface area is 143 Å². The van der Waals surface area contributed by atoms with Crippen LogP contribution < -0.4 is 20.1 Å². The Morgan fingerprint density at radius 3 is 2.50 bits per heavy atom. The molecule has 2 aromatic rings. The van der Waals surface area contributed by atoms with Crippen LogP contribution in [0.4, 0.5) is 5.69 Å². The molecule has 0 aliphatic heterocycles. The summed E-state index contributed by atoms with van der Waals surface area (Å²) in [6.07, 6.45) is 0.884. The van der Waals surface area contributed by atoms with Gasteiger partial charge in [0, 0.05) is 12.2 Å². The molecule has 0 unspecified atom stereocenters. The van der Waals surface area contributed by atoms with Gasteiger partial charge in [0.05, 0.1) is 20.8 Å². The van der Waals surface area contributed by atoms with Crippen LogP contribution in [0.2, 0.25) is 0 Å². The van der Waals surface area contributed by atoms with E-state index in [-0.39, 0.29) is 12.5 Å². The van der Waals surface area contributed by atoms with Crippen molar-refractivity contribution in [3.63, 3.8) is 0 Å². The number of rotatable bonds is 8. The lowest BCUT2D eigenvalue weighted by molar-refractivity contribution is -0.115. The molecule has 0 heterocycles. The molecule has 1 amide bonds. The van der Waals surface area contributed by atoms with E-state index in [0.717, 1.165) is 23.2 Å². The maximum absolute atomic E-state index is 12.1. The summed E-state index contributed by atoms with van der Waals surface area (Å²) in [6.45, 7) is 2.88. The van der Waals surface area contributed by atoms with Crippen LogP contribution in [0.3, 0.4) is 0 Å². The topological polar surface area (TPSA) is 59.6 Å². The summed E-state index contributed by atoms with van der Waals surface area (Å²) in [4.78, 5) is 12.1. The zero-order valence-corrected chi connectivity index (χ0v) is 14.4. The van der Waals surface area contributed by atoms with Gasteiger partial charge in [-0.15, -0.1) is 0 Å². The first-order valence-electron chi connectivity index (χ1n) is 7.97. The van der Waals surface area contributed by atoms with E-state index in [1.165, 1.54) is 0 Å². The summed E-state index contributed by atoms with van der Waals surface area (Å²) in [5.41, 5.74) is 3.03. The van der Waals surface area contributed by atoms with Gasteiger partial charge in [-0.05, 0) is 35.7 Å². The molecule has 5 heteroatoms. The van der Waals surface area contributed by atoms with E-state index in [9.17, 15) is 4.79 Å². The Bertz CT molecular complexity index is 686. The van der Waals surface area contributed by atoms with Gasteiger partial charge in [-0.3, -0.25) is 4.79 Å². The summed E-state index contributed by atoms with van der Waals surface area (Å²) in [7, 11) is 3.21. The fourth-order valence-corrected chi connectivity index (χ4v) is 2.46. The first kappa shape index (κ1) is 17.8. The van der Waals surface area contributed by atoms with Crippen LogP contribution in [0.5, 0.6) is 11.5 Å². The molecule has 0 aliphatic rings. The van der Waals surface area contributed by atoms with Crippen LogP contribution in [0.1, 0.15) is 18.1 Å². The van der Waals surface area contributed by atoms with Crippen LogP contribution in [-0.2, 0) is 17.8 Å². The third-order valence-corrected chi connectivity index (χ3v) is 3.73. The molecule has 2 N–H and O–H groups in total. The highest BCUT2D eigenvalue weighted by atomic mass is 16.5. The smallest absolute Gasteiger partial charge is 0.238 e. The normalized spacial score (nSPS) is 10.3. The number of hydrogen-bond acceptors (Lipinski definition) is 4. The van der Waals surface area contributed by atoms with Crippen molar-refractivity contribution in [2.45, 2.75) is 19.9 Å².